The van der Waals surface area contributed by atoms with Gasteiger partial charge in [-0.2, -0.15) is 0 Å². The summed E-state index contributed by atoms with van der Waals surface area (Å²) in [6, 6.07) is 77.9. The molecule has 4 nitrogen and oxygen atoms in total. The van der Waals surface area contributed by atoms with Gasteiger partial charge in [0.05, 0.1) is 27.6 Å². The van der Waals surface area contributed by atoms with Crippen molar-refractivity contribution in [3.63, 3.8) is 0 Å². The number of benzene rings is 10. The highest BCUT2D eigenvalue weighted by Crippen LogP contribution is 2.53. The van der Waals surface area contributed by atoms with Crippen LogP contribution in [0.1, 0.15) is 49.9 Å². The molecule has 10 aromatic carbocycles. The summed E-state index contributed by atoms with van der Waals surface area (Å²) in [5, 5.41) is 4.85. The van der Waals surface area contributed by atoms with Crippen molar-refractivity contribution in [1.82, 2.24) is 9.13 Å². The van der Waals surface area contributed by atoms with Crippen LogP contribution in [0, 0.1) is 4.91 Å². The first-order valence-corrected chi connectivity index (χ1v) is 24.8. The molecule has 0 amide bonds. The number of rotatable bonds is 6. The lowest BCUT2D eigenvalue weighted by Gasteiger charge is -2.21. The van der Waals surface area contributed by atoms with Gasteiger partial charge in [-0.05, 0) is 169 Å². The summed E-state index contributed by atoms with van der Waals surface area (Å²) in [7, 11) is 1.59. The van der Waals surface area contributed by atoms with Crippen molar-refractivity contribution in [3.8, 4) is 67.0 Å². The van der Waals surface area contributed by atoms with E-state index in [4.69, 9.17) is 0 Å². The van der Waals surface area contributed by atoms with Crippen LogP contribution in [0.3, 0.4) is 0 Å². The molecule has 4 heteroatoms. The highest BCUT2D eigenvalue weighted by atomic mass is 16.3. The second-order valence-electron chi connectivity index (χ2n) is 20.8. The summed E-state index contributed by atoms with van der Waals surface area (Å²) in [5.74, 6) is 0. The van der Waals surface area contributed by atoms with Gasteiger partial charge in [0.1, 0.15) is 0 Å². The van der Waals surface area contributed by atoms with Crippen molar-refractivity contribution in [2.45, 2.75) is 38.5 Å². The minimum Gasteiger partial charge on any atom is -0.309 e. The van der Waals surface area contributed by atoms with Gasteiger partial charge in [-0.1, -0.05) is 137 Å². The fraction of sp³-hybridized carbons (Fsp3) is 0.104. The Bertz CT molecular complexity index is 4000. The van der Waals surface area contributed by atoms with Gasteiger partial charge in [-0.25, -0.2) is 0 Å². The minimum absolute atomic E-state index is 0.129. The first kappa shape index (κ1) is 41.4. The number of aromatic nitrogens is 2. The number of nitroso groups, excluding NO2 is 1. The number of fused-ring (bicyclic) bond motifs is 12. The van der Waals surface area contributed by atoms with E-state index in [2.05, 4.69) is 231 Å². The SMILES string of the molecule is C[N+](=O)c1ccccc1-c1cc(-c2ccc3c(c2)c2cc4c(cc2n3-c2ccccc2)C(C)(C)c2ccccc2-4)cc(-c2ccc3c(c2)c2cc4c(cc2n3-c2ccccc2)C(C)(C)c2ccccc2-4)c1. The first-order valence-electron chi connectivity index (χ1n) is 24.8. The lowest BCUT2D eigenvalue weighted by Crippen LogP contribution is -2.14. The van der Waals surface area contributed by atoms with Crippen LogP contribution in [-0.4, -0.2) is 20.9 Å². The molecule has 338 valence electrons. The smallest absolute Gasteiger partial charge is 0.263 e. The van der Waals surface area contributed by atoms with Crippen molar-refractivity contribution >= 4 is 49.3 Å². The van der Waals surface area contributed by atoms with E-state index in [1.54, 1.807) is 7.05 Å². The van der Waals surface area contributed by atoms with E-state index in [-0.39, 0.29) is 10.8 Å². The molecule has 0 aliphatic heterocycles. The number of hydrogen-bond acceptors (Lipinski definition) is 1. The van der Waals surface area contributed by atoms with E-state index in [9.17, 15) is 4.91 Å². The molecule has 2 aliphatic carbocycles. The van der Waals surface area contributed by atoms with Gasteiger partial charge in [-0.15, -0.1) is 0 Å². The molecular weight excluding hydrogens is 863 g/mol. The van der Waals surface area contributed by atoms with Crippen LogP contribution in [0.25, 0.3) is 111 Å². The van der Waals surface area contributed by atoms with Crippen molar-refractivity contribution in [3.05, 3.63) is 239 Å². The molecule has 0 spiro atoms. The van der Waals surface area contributed by atoms with Crippen LogP contribution in [0.4, 0.5) is 5.69 Å². The van der Waals surface area contributed by atoms with Gasteiger partial charge >= 0.3 is 0 Å². The van der Waals surface area contributed by atoms with Crippen molar-refractivity contribution in [2.24, 2.45) is 0 Å². The molecule has 0 radical (unpaired) electrons. The van der Waals surface area contributed by atoms with E-state index in [0.29, 0.717) is 5.69 Å². The molecule has 2 aromatic heterocycles. The third kappa shape index (κ3) is 5.98. The fourth-order valence-corrected chi connectivity index (χ4v) is 12.6. The highest BCUT2D eigenvalue weighted by molar-refractivity contribution is 6.14. The molecule has 0 saturated carbocycles. The monoisotopic (exact) mass is 912 g/mol. The van der Waals surface area contributed by atoms with Crippen molar-refractivity contribution in [1.29, 1.82) is 0 Å². The molecule has 0 fully saturated rings. The Kier molecular flexibility index (Phi) is 8.71. The zero-order valence-electron chi connectivity index (χ0n) is 40.5. The van der Waals surface area contributed by atoms with E-state index in [1.807, 2.05) is 18.2 Å². The van der Waals surface area contributed by atoms with E-state index in [0.717, 1.165) is 60.5 Å². The van der Waals surface area contributed by atoms with Gasteiger partial charge in [0.25, 0.3) is 5.69 Å². The van der Waals surface area contributed by atoms with Gasteiger partial charge in [0, 0.05) is 59.5 Å². The molecule has 14 rings (SSSR count). The summed E-state index contributed by atoms with van der Waals surface area (Å²) in [4.78, 5) is 13.2. The van der Waals surface area contributed by atoms with Crippen LogP contribution in [0.5, 0.6) is 0 Å². The summed E-state index contributed by atoms with van der Waals surface area (Å²) in [6.45, 7) is 9.43. The normalized spacial score (nSPS) is 14.0. The zero-order chi connectivity index (χ0) is 47.9. The van der Waals surface area contributed by atoms with Crippen molar-refractivity contribution in [2.75, 3.05) is 7.05 Å². The molecule has 71 heavy (non-hydrogen) atoms. The maximum Gasteiger partial charge on any atom is 0.263 e. The fourth-order valence-electron chi connectivity index (χ4n) is 12.6. The Morgan fingerprint density at radius 2 is 0.718 bits per heavy atom. The topological polar surface area (TPSA) is 29.9 Å². The molecule has 0 atom stereocenters. The van der Waals surface area contributed by atoms with E-state index in [1.165, 1.54) is 77.1 Å². The average molecular weight is 913 g/mol. The largest absolute Gasteiger partial charge is 0.309 e. The second kappa shape index (κ2) is 15.0. The summed E-state index contributed by atoms with van der Waals surface area (Å²) < 4.78 is 5.85. The summed E-state index contributed by atoms with van der Waals surface area (Å²) in [5.41, 5.74) is 24.3. The van der Waals surface area contributed by atoms with Gasteiger partial charge in [0.2, 0.25) is 0 Å². The molecule has 0 bridgehead atoms. The predicted molar refractivity (Wildman–Crippen MR) is 296 cm³/mol. The third-order valence-electron chi connectivity index (χ3n) is 16.1. The van der Waals surface area contributed by atoms with Crippen LogP contribution in [0.2, 0.25) is 0 Å². The molecule has 2 aliphatic rings. The maximum atomic E-state index is 13.2. The third-order valence-corrected chi connectivity index (χ3v) is 16.1. The van der Waals surface area contributed by atoms with Gasteiger partial charge < -0.3 is 9.13 Å². The second-order valence-corrected chi connectivity index (χ2v) is 20.8. The average Bonchev–Trinajstić information content (AvgIpc) is 4.05. The van der Waals surface area contributed by atoms with Crippen LogP contribution in [0.15, 0.2) is 212 Å². The summed E-state index contributed by atoms with van der Waals surface area (Å²) >= 11 is 0. The Morgan fingerprint density at radius 1 is 0.324 bits per heavy atom. The zero-order valence-corrected chi connectivity index (χ0v) is 40.5. The molecular formula is C67H50N3O+. The quantitative estimate of drug-likeness (QED) is 0.153. The maximum absolute atomic E-state index is 13.2. The van der Waals surface area contributed by atoms with Crippen molar-refractivity contribution < 1.29 is 4.76 Å². The highest BCUT2D eigenvalue weighted by Gasteiger charge is 2.38. The van der Waals surface area contributed by atoms with E-state index >= 15 is 0 Å². The van der Waals surface area contributed by atoms with Gasteiger partial charge in [0.15, 0.2) is 7.05 Å². The number of hydrogen-bond donors (Lipinski definition) is 0. The lowest BCUT2D eigenvalue weighted by molar-refractivity contribution is -0.427. The lowest BCUT2D eigenvalue weighted by atomic mass is 9.82. The van der Waals surface area contributed by atoms with Crippen LogP contribution in [-0.2, 0) is 10.8 Å². The molecule has 12 aromatic rings. The van der Waals surface area contributed by atoms with E-state index < -0.39 is 0 Å². The van der Waals surface area contributed by atoms with Crippen LogP contribution >= 0.6 is 0 Å². The molecule has 2 heterocycles. The Hall–Kier alpha value is -8.60. The van der Waals surface area contributed by atoms with Gasteiger partial charge in [-0.3, -0.25) is 0 Å². The standard InChI is InChI=1S/C67H50N3O/c1-66(2)57-25-15-12-23-49(57)51-37-55-53-35-41(28-30-62(53)69(64(55)39-59(51)66)46-18-8-6-9-19-46)43-32-44(34-45(33-43)48-22-14-17-27-61(48)68(5)71)42-29-31-63-54(36-42)56-38-52-50-24-13-16-26-58(50)67(3,4)60(52)40-65(56)70(63)47-20-10-7-11-21-47/h6-40H,1-5H3/q+1. The number of para-hydroxylation sites is 3. The Morgan fingerprint density at radius 3 is 1.18 bits per heavy atom. The Balaban J connectivity index is 1.01. The minimum atomic E-state index is -0.129. The van der Waals surface area contributed by atoms with Crippen LogP contribution < -0.4 is 0 Å². The molecule has 0 N–H and O–H groups in total. The predicted octanol–water partition coefficient (Wildman–Crippen LogP) is 17.5. The molecule has 0 unspecified atom stereocenters. The summed E-state index contributed by atoms with van der Waals surface area (Å²) in [6.07, 6.45) is 0. The molecule has 0 saturated heterocycles. The number of nitrogens with zero attached hydrogens (tertiary/aromatic N) is 3. The first-order chi connectivity index (χ1) is 34.5. The Labute approximate surface area is 413 Å².